The molecule has 7 heteroatoms. The molecule has 170 valence electrons. The van der Waals surface area contributed by atoms with Crippen LogP contribution in [0.25, 0.3) is 0 Å². The third kappa shape index (κ3) is 4.12. The summed E-state index contributed by atoms with van der Waals surface area (Å²) in [6.45, 7) is 1.20. The van der Waals surface area contributed by atoms with Gasteiger partial charge in [0, 0.05) is 25.6 Å². The fourth-order valence-corrected chi connectivity index (χ4v) is 5.49. The number of carbonyl (C=O) groups is 1. The summed E-state index contributed by atoms with van der Waals surface area (Å²) in [5, 5.41) is 2.92. The number of rotatable bonds is 6. The topological polar surface area (TPSA) is 50.8 Å². The van der Waals surface area contributed by atoms with Crippen molar-refractivity contribution in [2.45, 2.75) is 44.2 Å². The molecular formula is C25H28F2N2O3. The highest BCUT2D eigenvalue weighted by molar-refractivity contribution is 5.75. The first kappa shape index (κ1) is 21.0. The summed E-state index contributed by atoms with van der Waals surface area (Å²) in [6.07, 6.45) is 5.18. The van der Waals surface area contributed by atoms with E-state index in [2.05, 4.69) is 5.32 Å². The Hall–Kier alpha value is -2.83. The molecule has 32 heavy (non-hydrogen) atoms. The molecule has 1 saturated heterocycles. The highest BCUT2D eigenvalue weighted by Crippen LogP contribution is 2.47. The van der Waals surface area contributed by atoms with Crippen molar-refractivity contribution in [3.05, 3.63) is 59.2 Å². The average molecular weight is 443 g/mol. The molecule has 0 radical (unpaired) electrons. The molecule has 3 aliphatic rings. The van der Waals surface area contributed by atoms with E-state index in [4.69, 9.17) is 9.47 Å². The standard InChI is InChI=1S/C25H28F2N2O3/c1-31-22-7-5-17(11-24(22)32-23-10-15-2-4-18(23)8-15)19-12-28-25(30)29(14-19)13-16-3-6-20(26)21(27)9-16/h3,5-7,9,11,15,18-19,23H,2,4,8,10,12-14H2,1H3,(H,28,30)/t15-,18+,19?,23?/m0/s1. The summed E-state index contributed by atoms with van der Waals surface area (Å²) in [7, 11) is 1.65. The van der Waals surface area contributed by atoms with Gasteiger partial charge in [0.1, 0.15) is 6.10 Å². The van der Waals surface area contributed by atoms with E-state index < -0.39 is 11.6 Å². The smallest absolute Gasteiger partial charge is 0.317 e. The quantitative estimate of drug-likeness (QED) is 0.696. The Morgan fingerprint density at radius 1 is 1.06 bits per heavy atom. The van der Waals surface area contributed by atoms with Gasteiger partial charge in [0.2, 0.25) is 0 Å². The summed E-state index contributed by atoms with van der Waals surface area (Å²) in [5.74, 6) is 1.14. The zero-order valence-corrected chi connectivity index (χ0v) is 18.2. The molecule has 5 nitrogen and oxygen atoms in total. The highest BCUT2D eigenvalue weighted by Gasteiger charge is 2.41. The van der Waals surface area contributed by atoms with Gasteiger partial charge in [-0.3, -0.25) is 0 Å². The predicted octanol–water partition coefficient (Wildman–Crippen LogP) is 4.85. The van der Waals surface area contributed by atoms with Gasteiger partial charge in [-0.25, -0.2) is 13.6 Å². The summed E-state index contributed by atoms with van der Waals surface area (Å²) in [5.41, 5.74) is 1.61. The normalized spacial score (nSPS) is 26.8. The minimum atomic E-state index is -0.908. The van der Waals surface area contributed by atoms with E-state index in [9.17, 15) is 13.6 Å². The van der Waals surface area contributed by atoms with Crippen molar-refractivity contribution in [2.24, 2.45) is 11.8 Å². The van der Waals surface area contributed by atoms with E-state index in [1.165, 1.54) is 25.3 Å². The zero-order valence-electron chi connectivity index (χ0n) is 18.2. The number of nitrogens with zero attached hydrogens (tertiary/aromatic N) is 1. The maximum absolute atomic E-state index is 13.6. The molecule has 3 fully saturated rings. The number of benzene rings is 2. The van der Waals surface area contributed by atoms with Crippen LogP contribution in [-0.4, -0.2) is 37.2 Å². The van der Waals surface area contributed by atoms with Crippen molar-refractivity contribution in [3.63, 3.8) is 0 Å². The molecule has 4 atom stereocenters. The second-order valence-electron chi connectivity index (χ2n) is 9.25. The Balaban J connectivity index is 1.32. The van der Waals surface area contributed by atoms with Gasteiger partial charge in [-0.05, 0) is 72.9 Å². The van der Waals surface area contributed by atoms with E-state index in [0.717, 1.165) is 41.5 Å². The molecule has 1 N–H and O–H groups in total. The van der Waals surface area contributed by atoms with Gasteiger partial charge < -0.3 is 19.7 Å². The predicted molar refractivity (Wildman–Crippen MR) is 116 cm³/mol. The largest absolute Gasteiger partial charge is 0.493 e. The third-order valence-corrected chi connectivity index (χ3v) is 7.20. The number of halogens is 2. The minimum absolute atomic E-state index is 0.0475. The van der Waals surface area contributed by atoms with Gasteiger partial charge in [0.25, 0.3) is 0 Å². The molecular weight excluding hydrogens is 414 g/mol. The van der Waals surface area contributed by atoms with E-state index in [0.29, 0.717) is 24.6 Å². The molecule has 2 unspecified atom stereocenters. The molecule has 1 aliphatic heterocycles. The SMILES string of the molecule is COc1ccc(C2CNC(=O)N(Cc3ccc(F)c(F)c3)C2)cc1OC1C[C@H]2CC[C@@H]1C2. The monoisotopic (exact) mass is 442 g/mol. The molecule has 2 amide bonds. The summed E-state index contributed by atoms with van der Waals surface area (Å²) in [6, 6.07) is 9.48. The van der Waals surface area contributed by atoms with Crippen LogP contribution in [-0.2, 0) is 6.54 Å². The van der Waals surface area contributed by atoms with Gasteiger partial charge in [-0.2, -0.15) is 0 Å². The van der Waals surface area contributed by atoms with Crippen LogP contribution in [0.5, 0.6) is 11.5 Å². The number of nitrogens with one attached hydrogen (secondary N) is 1. The van der Waals surface area contributed by atoms with Crippen molar-refractivity contribution in [3.8, 4) is 11.5 Å². The second-order valence-corrected chi connectivity index (χ2v) is 9.25. The lowest BCUT2D eigenvalue weighted by Crippen LogP contribution is -2.49. The average Bonchev–Trinajstić information content (AvgIpc) is 3.41. The third-order valence-electron chi connectivity index (χ3n) is 7.20. The molecule has 0 spiro atoms. The van der Waals surface area contributed by atoms with Crippen molar-refractivity contribution in [2.75, 3.05) is 20.2 Å². The number of urea groups is 1. The first-order chi connectivity index (χ1) is 15.5. The van der Waals surface area contributed by atoms with Gasteiger partial charge in [0.05, 0.1) is 7.11 Å². The molecule has 0 aromatic heterocycles. The maximum Gasteiger partial charge on any atom is 0.317 e. The molecule has 2 aliphatic carbocycles. The first-order valence-electron chi connectivity index (χ1n) is 11.3. The van der Waals surface area contributed by atoms with E-state index >= 15 is 0 Å². The lowest BCUT2D eigenvalue weighted by atomic mass is 9.95. The number of methoxy groups -OCH3 is 1. The molecule has 5 rings (SSSR count). The molecule has 2 aromatic carbocycles. The van der Waals surface area contributed by atoms with Crippen LogP contribution in [0.1, 0.15) is 42.7 Å². The van der Waals surface area contributed by atoms with Crippen molar-refractivity contribution >= 4 is 6.03 Å². The van der Waals surface area contributed by atoms with Crippen LogP contribution in [0.4, 0.5) is 13.6 Å². The highest BCUT2D eigenvalue weighted by atomic mass is 19.2. The number of ether oxygens (including phenoxy) is 2. The van der Waals surface area contributed by atoms with Gasteiger partial charge >= 0.3 is 6.03 Å². The summed E-state index contributed by atoms with van der Waals surface area (Å²) < 4.78 is 38.8. The van der Waals surface area contributed by atoms with Gasteiger partial charge in [-0.15, -0.1) is 0 Å². The lowest BCUT2D eigenvalue weighted by Gasteiger charge is -2.34. The van der Waals surface area contributed by atoms with Crippen LogP contribution >= 0.6 is 0 Å². The first-order valence-corrected chi connectivity index (χ1v) is 11.3. The van der Waals surface area contributed by atoms with Crippen molar-refractivity contribution in [1.29, 1.82) is 0 Å². The van der Waals surface area contributed by atoms with Crippen LogP contribution in [0.15, 0.2) is 36.4 Å². The van der Waals surface area contributed by atoms with E-state index in [-0.39, 0.29) is 24.6 Å². The molecule has 1 heterocycles. The van der Waals surface area contributed by atoms with Crippen LogP contribution in [0.3, 0.4) is 0 Å². The summed E-state index contributed by atoms with van der Waals surface area (Å²) in [4.78, 5) is 14.0. The Labute approximate surface area is 186 Å². The van der Waals surface area contributed by atoms with E-state index in [1.807, 2.05) is 18.2 Å². The number of hydrogen-bond donors (Lipinski definition) is 1. The molecule has 2 saturated carbocycles. The van der Waals surface area contributed by atoms with E-state index in [1.54, 1.807) is 12.0 Å². The molecule has 2 aromatic rings. The van der Waals surface area contributed by atoms with Crippen LogP contribution in [0.2, 0.25) is 0 Å². The minimum Gasteiger partial charge on any atom is -0.493 e. The number of hydrogen-bond acceptors (Lipinski definition) is 3. The Bertz CT molecular complexity index is 1010. The second kappa shape index (κ2) is 8.60. The maximum atomic E-state index is 13.6. The van der Waals surface area contributed by atoms with Gasteiger partial charge in [0.15, 0.2) is 23.1 Å². The van der Waals surface area contributed by atoms with Gasteiger partial charge in [-0.1, -0.05) is 12.1 Å². The Kier molecular flexibility index (Phi) is 5.66. The lowest BCUT2D eigenvalue weighted by molar-refractivity contribution is 0.133. The summed E-state index contributed by atoms with van der Waals surface area (Å²) >= 11 is 0. The van der Waals surface area contributed by atoms with Crippen LogP contribution in [0, 0.1) is 23.5 Å². The van der Waals surface area contributed by atoms with Crippen molar-refractivity contribution in [1.82, 2.24) is 10.2 Å². The molecule has 2 bridgehead atoms. The fraction of sp³-hybridized carbons (Fsp3) is 0.480. The van der Waals surface area contributed by atoms with Crippen LogP contribution < -0.4 is 14.8 Å². The number of fused-ring (bicyclic) bond motifs is 2. The Morgan fingerprint density at radius 2 is 1.94 bits per heavy atom. The van der Waals surface area contributed by atoms with Crippen molar-refractivity contribution < 1.29 is 23.0 Å². The zero-order chi connectivity index (χ0) is 22.2. The number of amides is 2. The fourth-order valence-electron chi connectivity index (χ4n) is 5.49. The Morgan fingerprint density at radius 3 is 2.66 bits per heavy atom. The number of carbonyl (C=O) groups excluding carboxylic acids is 1.